The van der Waals surface area contributed by atoms with E-state index >= 15 is 0 Å². The molecule has 0 heterocycles. The Hall–Kier alpha value is -0.956. The van der Waals surface area contributed by atoms with Crippen LogP contribution >= 0.6 is 0 Å². The van der Waals surface area contributed by atoms with Gasteiger partial charge in [0.2, 0.25) is 0 Å². The first-order valence-electron chi connectivity index (χ1n) is 16.5. The predicted octanol–water partition coefficient (Wildman–Crippen LogP) is 10.00. The summed E-state index contributed by atoms with van der Waals surface area (Å²) < 4.78 is 19.4. The van der Waals surface area contributed by atoms with Crippen LogP contribution in [0.2, 0.25) is 36.3 Å². The van der Waals surface area contributed by atoms with Crippen LogP contribution in [0.5, 0.6) is 0 Å². The van der Waals surface area contributed by atoms with Crippen molar-refractivity contribution in [1.82, 2.24) is 0 Å². The van der Waals surface area contributed by atoms with Gasteiger partial charge in [-0.15, -0.1) is 0 Å². The van der Waals surface area contributed by atoms with Crippen molar-refractivity contribution in [2.24, 2.45) is 23.7 Å². The molecule has 3 aliphatic rings. The van der Waals surface area contributed by atoms with Crippen molar-refractivity contribution in [3.63, 3.8) is 0 Å². The van der Waals surface area contributed by atoms with E-state index in [1.807, 2.05) is 6.92 Å². The zero-order valence-corrected chi connectivity index (χ0v) is 30.3. The molecule has 0 radical (unpaired) electrons. The van der Waals surface area contributed by atoms with Crippen molar-refractivity contribution in [3.05, 3.63) is 36.0 Å². The van der Waals surface area contributed by atoms with Crippen molar-refractivity contribution in [2.45, 2.75) is 148 Å². The number of hydrogen-bond acceptors (Lipinski definition) is 4. The van der Waals surface area contributed by atoms with Crippen LogP contribution in [0, 0.1) is 23.7 Å². The first kappa shape index (κ1) is 34.5. The molecular weight excluding hydrogens is 541 g/mol. The summed E-state index contributed by atoms with van der Waals surface area (Å²) in [6, 6.07) is 0. The van der Waals surface area contributed by atoms with E-state index in [9.17, 15) is 4.79 Å². The van der Waals surface area contributed by atoms with Crippen molar-refractivity contribution < 1.29 is 18.4 Å². The minimum atomic E-state index is -1.90. The summed E-state index contributed by atoms with van der Waals surface area (Å²) in [5.74, 6) is 2.06. The first-order chi connectivity index (χ1) is 18.9. The predicted molar refractivity (Wildman–Crippen MR) is 178 cm³/mol. The lowest BCUT2D eigenvalue weighted by molar-refractivity contribution is -0.143. The minimum Gasteiger partial charge on any atom is -0.466 e. The van der Waals surface area contributed by atoms with Gasteiger partial charge in [0.25, 0.3) is 0 Å². The third-order valence-corrected chi connectivity index (χ3v) is 19.9. The molecule has 3 rings (SSSR count). The summed E-state index contributed by atoms with van der Waals surface area (Å²) in [7, 11) is -3.79. The topological polar surface area (TPSA) is 44.8 Å². The van der Waals surface area contributed by atoms with Crippen molar-refractivity contribution in [2.75, 3.05) is 6.61 Å². The Morgan fingerprint density at radius 2 is 1.66 bits per heavy atom. The second-order valence-electron chi connectivity index (χ2n) is 16.0. The Labute approximate surface area is 255 Å². The summed E-state index contributed by atoms with van der Waals surface area (Å²) in [6.07, 6.45) is 21.0. The van der Waals surface area contributed by atoms with E-state index in [0.717, 1.165) is 19.3 Å². The standard InChI is InChI=1S/C35H62O4Si2/c1-12-37-33(36)20-16-13-17-26-23-28-25-32(39-41(10,11)35(5,6)7)29(30(28)24-26)21-22-31(27-18-14-15-19-27)38-40(8,9)34(2,3)4/h13,17,21-23,27-32H,12,14-16,18-20,24-25H2,1-11H3/t28-,29-,30-,31+,32+/m0/s1. The largest absolute Gasteiger partial charge is 0.466 e. The Kier molecular flexibility index (Phi) is 11.6. The quantitative estimate of drug-likeness (QED) is 0.127. The molecule has 0 aliphatic heterocycles. The zero-order chi connectivity index (χ0) is 30.6. The van der Waals surface area contributed by atoms with E-state index in [1.165, 1.54) is 31.3 Å². The molecule has 0 unspecified atom stereocenters. The maximum atomic E-state index is 11.7. The summed E-state index contributed by atoms with van der Waals surface area (Å²) in [6.45, 7) is 26.0. The van der Waals surface area contributed by atoms with E-state index in [-0.39, 0.29) is 28.3 Å². The van der Waals surface area contributed by atoms with E-state index in [2.05, 4.69) is 98.1 Å². The summed E-state index contributed by atoms with van der Waals surface area (Å²) in [4.78, 5) is 11.7. The minimum absolute atomic E-state index is 0.109. The molecule has 0 amide bonds. The maximum Gasteiger partial charge on any atom is 0.306 e. The molecule has 0 aromatic heterocycles. The number of carbonyl (C=O) groups is 1. The Balaban J connectivity index is 1.82. The van der Waals surface area contributed by atoms with Gasteiger partial charge in [0.1, 0.15) is 0 Å². The lowest BCUT2D eigenvalue weighted by Crippen LogP contribution is -2.45. The van der Waals surface area contributed by atoms with Crippen LogP contribution in [0.1, 0.15) is 99.8 Å². The Morgan fingerprint density at radius 1 is 1.02 bits per heavy atom. The second-order valence-corrected chi connectivity index (χ2v) is 25.5. The molecule has 2 fully saturated rings. The molecule has 0 N–H and O–H groups in total. The third kappa shape index (κ3) is 9.03. The molecule has 4 nitrogen and oxygen atoms in total. The normalized spacial score (nSPS) is 27.1. The van der Waals surface area contributed by atoms with Gasteiger partial charge < -0.3 is 13.6 Å². The molecule has 3 aliphatic carbocycles. The summed E-state index contributed by atoms with van der Waals surface area (Å²) >= 11 is 0. The van der Waals surface area contributed by atoms with Crippen LogP contribution in [0.3, 0.4) is 0 Å². The SMILES string of the molecule is CCOC(=O)CCC=CC1=C[C@H]2C[C@@H](O[Si](C)(C)C(C)(C)C)[C@@H](C=C[C@@H](O[Si](C)(C)C(C)(C)C)C3CCCC3)[C@H]2C1. The number of ether oxygens (including phenoxy) is 1. The number of hydrogen-bond donors (Lipinski definition) is 0. The van der Waals surface area contributed by atoms with E-state index in [0.29, 0.717) is 36.7 Å². The molecule has 0 spiro atoms. The highest BCUT2D eigenvalue weighted by Gasteiger charge is 2.49. The summed E-state index contributed by atoms with van der Waals surface area (Å²) in [5, 5.41) is 0.396. The maximum absolute atomic E-state index is 11.7. The Morgan fingerprint density at radius 3 is 2.24 bits per heavy atom. The van der Waals surface area contributed by atoms with Gasteiger partial charge in [-0.25, -0.2) is 0 Å². The van der Waals surface area contributed by atoms with Gasteiger partial charge in [-0.05, 0) is 93.0 Å². The fourth-order valence-electron chi connectivity index (χ4n) is 6.33. The molecule has 234 valence electrons. The molecule has 0 bridgehead atoms. The van der Waals surface area contributed by atoms with Crippen LogP contribution in [0.25, 0.3) is 0 Å². The smallest absolute Gasteiger partial charge is 0.306 e. The van der Waals surface area contributed by atoms with Gasteiger partial charge in [0.15, 0.2) is 16.6 Å². The molecule has 41 heavy (non-hydrogen) atoms. The zero-order valence-electron chi connectivity index (χ0n) is 28.3. The molecule has 2 saturated carbocycles. The molecule has 6 heteroatoms. The van der Waals surface area contributed by atoms with Crippen LogP contribution in [0.4, 0.5) is 0 Å². The van der Waals surface area contributed by atoms with E-state index in [4.69, 9.17) is 13.6 Å². The number of carbonyl (C=O) groups excluding carboxylic acids is 1. The fourth-order valence-corrected chi connectivity index (χ4v) is 9.00. The van der Waals surface area contributed by atoms with Gasteiger partial charge in [0, 0.05) is 12.3 Å². The Bertz CT molecular complexity index is 960. The highest BCUT2D eigenvalue weighted by molar-refractivity contribution is 6.74. The number of esters is 1. The van der Waals surface area contributed by atoms with Gasteiger partial charge in [0.05, 0.1) is 18.8 Å². The van der Waals surface area contributed by atoms with Gasteiger partial charge >= 0.3 is 5.97 Å². The van der Waals surface area contributed by atoms with Crippen molar-refractivity contribution >= 4 is 22.6 Å². The average molecular weight is 603 g/mol. The average Bonchev–Trinajstić information content (AvgIpc) is 3.56. The van der Waals surface area contributed by atoms with Crippen molar-refractivity contribution in [3.8, 4) is 0 Å². The highest BCUT2D eigenvalue weighted by atomic mass is 28.4. The van der Waals surface area contributed by atoms with Crippen LogP contribution < -0.4 is 0 Å². The van der Waals surface area contributed by atoms with E-state index in [1.54, 1.807) is 0 Å². The number of rotatable bonds is 12. The van der Waals surface area contributed by atoms with Crippen molar-refractivity contribution in [1.29, 1.82) is 0 Å². The lowest BCUT2D eigenvalue weighted by Gasteiger charge is -2.41. The molecule has 0 aromatic carbocycles. The third-order valence-electron chi connectivity index (χ3n) is 10.9. The molecule has 5 atom stereocenters. The molecule has 0 aromatic rings. The number of fused-ring (bicyclic) bond motifs is 1. The van der Waals surface area contributed by atoms with Gasteiger partial charge in [-0.2, -0.15) is 0 Å². The monoisotopic (exact) mass is 602 g/mol. The summed E-state index contributed by atoms with van der Waals surface area (Å²) in [5.41, 5.74) is 1.41. The van der Waals surface area contributed by atoms with E-state index < -0.39 is 16.6 Å². The second kappa shape index (κ2) is 13.8. The fraction of sp³-hybridized carbons (Fsp3) is 0.800. The lowest BCUT2D eigenvalue weighted by atomic mass is 9.88. The van der Waals surface area contributed by atoms with Gasteiger partial charge in [-0.1, -0.05) is 90.3 Å². The first-order valence-corrected chi connectivity index (χ1v) is 22.3. The number of allylic oxidation sites excluding steroid dienone is 4. The highest BCUT2D eigenvalue weighted by Crippen LogP contribution is 2.51. The van der Waals surface area contributed by atoms with Gasteiger partial charge in [-0.3, -0.25) is 4.79 Å². The van der Waals surface area contributed by atoms with Crippen LogP contribution in [0.15, 0.2) is 36.0 Å². The van der Waals surface area contributed by atoms with Crippen LogP contribution in [-0.2, 0) is 18.4 Å². The molecular formula is C35H62O4Si2. The van der Waals surface area contributed by atoms with Crippen LogP contribution in [-0.4, -0.2) is 41.4 Å². The molecule has 0 saturated heterocycles.